The monoisotopic (exact) mass is 701 g/mol. The van der Waals surface area contributed by atoms with E-state index in [1.807, 2.05) is 0 Å². The summed E-state index contributed by atoms with van der Waals surface area (Å²) in [6, 6.07) is 23.7. The van der Waals surface area contributed by atoms with Crippen molar-refractivity contribution in [2.45, 2.75) is 64.1 Å². The molecule has 4 rings (SSSR count). The van der Waals surface area contributed by atoms with Gasteiger partial charge in [-0.1, -0.05) is 74.5 Å². The van der Waals surface area contributed by atoms with Gasteiger partial charge in [0.25, 0.3) is 17.7 Å². The van der Waals surface area contributed by atoms with Crippen molar-refractivity contribution in [3.05, 3.63) is 124 Å². The summed E-state index contributed by atoms with van der Waals surface area (Å²) in [5.74, 6) is -2.35. The molecule has 0 bridgehead atoms. The Morgan fingerprint density at radius 3 is 2.06 bits per heavy atom. The first kappa shape index (κ1) is 38.4. The van der Waals surface area contributed by atoms with Crippen LogP contribution in [0.4, 0.5) is 18.9 Å². The lowest BCUT2D eigenvalue weighted by atomic mass is 9.90. The van der Waals surface area contributed by atoms with Crippen LogP contribution in [-0.4, -0.2) is 48.8 Å². The minimum Gasteiger partial charge on any atom is -0.452 e. The number of carbonyl (C=O) groups excluding carboxylic acids is 4. The Labute approximate surface area is 295 Å². The minimum atomic E-state index is -4.50. The van der Waals surface area contributed by atoms with Crippen molar-refractivity contribution in [3.63, 3.8) is 0 Å². The number of amides is 3. The highest BCUT2D eigenvalue weighted by Gasteiger charge is 2.30. The molecule has 0 aliphatic heterocycles. The van der Waals surface area contributed by atoms with Gasteiger partial charge < -0.3 is 20.7 Å². The lowest BCUT2D eigenvalue weighted by molar-refractivity contribution is -0.154. The number of esters is 1. The third kappa shape index (κ3) is 10.1. The molecular weight excluding hydrogens is 659 g/mol. The first-order valence-electron chi connectivity index (χ1n) is 16.7. The molecule has 4 aromatic rings. The highest BCUT2D eigenvalue weighted by Crippen LogP contribution is 2.32. The van der Waals surface area contributed by atoms with Crippen molar-refractivity contribution >= 4 is 29.4 Å². The van der Waals surface area contributed by atoms with Crippen LogP contribution in [0.5, 0.6) is 0 Å². The van der Waals surface area contributed by atoms with Crippen LogP contribution in [0.3, 0.4) is 0 Å². The van der Waals surface area contributed by atoms with E-state index in [0.717, 1.165) is 30.5 Å². The molecule has 11 heteroatoms. The Morgan fingerprint density at radius 1 is 0.824 bits per heavy atom. The maximum absolute atomic E-state index is 13.5. The topological polar surface area (TPSA) is 119 Å². The maximum atomic E-state index is 13.5. The van der Waals surface area contributed by atoms with E-state index in [0.29, 0.717) is 23.1 Å². The van der Waals surface area contributed by atoms with Crippen LogP contribution in [0.2, 0.25) is 0 Å². The van der Waals surface area contributed by atoms with Gasteiger partial charge in [0.15, 0.2) is 6.10 Å². The summed E-state index contributed by atoms with van der Waals surface area (Å²) in [6.07, 6.45) is -3.30. The Bertz CT molecular complexity index is 1850. The number of ether oxygens (including phenoxy) is 1. The van der Waals surface area contributed by atoms with Gasteiger partial charge in [0.2, 0.25) is 0 Å². The zero-order valence-electron chi connectivity index (χ0n) is 29.1. The standard InChI is InChI=1S/C40H42F3N3O5/c1-5-25-11-14-28(15-12-25)27(6-2)18-22-35(37(44)48)51-36(47)24-26-13-21-34(33(23-26)39(50)46(3)4)45-38(49)32-10-8-7-9-31(32)29-16-19-30(20-17-29)40(41,42)43/h7-17,19-21,23,27,35H,5-6,18,22,24H2,1-4H3,(H2,44,48)(H,45,49). The zero-order chi connectivity index (χ0) is 37.3. The van der Waals surface area contributed by atoms with E-state index in [1.165, 1.54) is 54.9 Å². The van der Waals surface area contributed by atoms with E-state index in [9.17, 15) is 32.3 Å². The second kappa shape index (κ2) is 17.0. The van der Waals surface area contributed by atoms with Gasteiger partial charge in [-0.25, -0.2) is 0 Å². The van der Waals surface area contributed by atoms with Gasteiger partial charge in [0.05, 0.1) is 23.2 Å². The number of carbonyl (C=O) groups is 4. The van der Waals surface area contributed by atoms with Crippen LogP contribution in [0.1, 0.15) is 82.0 Å². The maximum Gasteiger partial charge on any atom is 0.416 e. The largest absolute Gasteiger partial charge is 0.452 e. The summed E-state index contributed by atoms with van der Waals surface area (Å²) >= 11 is 0. The van der Waals surface area contributed by atoms with Crippen LogP contribution in [-0.2, 0) is 33.3 Å². The number of anilines is 1. The fourth-order valence-corrected chi connectivity index (χ4v) is 5.80. The lowest BCUT2D eigenvalue weighted by Crippen LogP contribution is -2.34. The zero-order valence-corrected chi connectivity index (χ0v) is 29.1. The van der Waals surface area contributed by atoms with Crippen LogP contribution < -0.4 is 11.1 Å². The molecule has 4 aromatic carbocycles. The number of aryl methyl sites for hydroxylation is 1. The predicted molar refractivity (Wildman–Crippen MR) is 190 cm³/mol. The fraction of sp³-hybridized carbons (Fsp3) is 0.300. The van der Waals surface area contributed by atoms with E-state index in [4.69, 9.17) is 10.5 Å². The Balaban J connectivity index is 1.49. The molecule has 2 atom stereocenters. The van der Waals surface area contributed by atoms with E-state index in [1.54, 1.807) is 24.3 Å². The molecule has 0 aromatic heterocycles. The van der Waals surface area contributed by atoms with Crippen LogP contribution in [0.15, 0.2) is 91.0 Å². The molecule has 0 saturated carbocycles. The number of primary amides is 1. The third-order valence-corrected chi connectivity index (χ3v) is 8.73. The molecule has 0 saturated heterocycles. The molecule has 3 amide bonds. The smallest absolute Gasteiger partial charge is 0.416 e. The SMILES string of the molecule is CCc1ccc(C(CC)CCC(OC(=O)Cc2ccc(NC(=O)c3ccccc3-c3ccc(C(F)(F)F)cc3)c(C(=O)N(C)C)c2)C(N)=O)cc1. The summed E-state index contributed by atoms with van der Waals surface area (Å²) in [5.41, 5.74) is 8.79. The van der Waals surface area contributed by atoms with Gasteiger partial charge in [-0.05, 0) is 89.8 Å². The molecule has 0 aliphatic rings. The van der Waals surface area contributed by atoms with Crippen molar-refractivity contribution < 1.29 is 37.1 Å². The average Bonchev–Trinajstić information content (AvgIpc) is 3.11. The molecule has 51 heavy (non-hydrogen) atoms. The summed E-state index contributed by atoms with van der Waals surface area (Å²) in [7, 11) is 3.07. The second-order valence-electron chi connectivity index (χ2n) is 12.5. The number of benzene rings is 4. The number of hydrogen-bond acceptors (Lipinski definition) is 5. The number of halogens is 3. The number of alkyl halides is 3. The van der Waals surface area contributed by atoms with Gasteiger partial charge in [-0.2, -0.15) is 13.2 Å². The van der Waals surface area contributed by atoms with Gasteiger partial charge in [0.1, 0.15) is 0 Å². The van der Waals surface area contributed by atoms with Crippen molar-refractivity contribution in [1.29, 1.82) is 0 Å². The minimum absolute atomic E-state index is 0.0944. The van der Waals surface area contributed by atoms with Gasteiger partial charge in [0, 0.05) is 19.7 Å². The molecule has 268 valence electrons. The Hall–Kier alpha value is -5.45. The number of nitrogens with zero attached hydrogens (tertiary/aromatic N) is 1. The van der Waals surface area contributed by atoms with E-state index in [2.05, 4.69) is 43.4 Å². The molecule has 8 nitrogen and oxygen atoms in total. The first-order valence-corrected chi connectivity index (χ1v) is 16.7. The number of hydrogen-bond donors (Lipinski definition) is 2. The molecular formula is C40H42F3N3O5. The molecule has 3 N–H and O–H groups in total. The summed E-state index contributed by atoms with van der Waals surface area (Å²) < 4.78 is 44.9. The molecule has 0 heterocycles. The number of rotatable bonds is 14. The molecule has 0 fully saturated rings. The number of nitrogens with one attached hydrogen (secondary N) is 1. The summed E-state index contributed by atoms with van der Waals surface area (Å²) in [4.78, 5) is 53.4. The lowest BCUT2D eigenvalue weighted by Gasteiger charge is -2.20. The average molecular weight is 702 g/mol. The summed E-state index contributed by atoms with van der Waals surface area (Å²) in [6.45, 7) is 4.14. The van der Waals surface area contributed by atoms with Gasteiger partial charge in [-0.15, -0.1) is 0 Å². The predicted octanol–water partition coefficient (Wildman–Crippen LogP) is 7.80. The quantitative estimate of drug-likeness (QED) is 0.130. The second-order valence-corrected chi connectivity index (χ2v) is 12.5. The highest BCUT2D eigenvalue weighted by molar-refractivity contribution is 6.11. The first-order chi connectivity index (χ1) is 24.2. The van der Waals surface area contributed by atoms with E-state index >= 15 is 0 Å². The summed E-state index contributed by atoms with van der Waals surface area (Å²) in [5, 5.41) is 2.74. The Kier molecular flexibility index (Phi) is 12.8. The molecule has 2 unspecified atom stereocenters. The van der Waals surface area contributed by atoms with Crippen LogP contribution in [0.25, 0.3) is 11.1 Å². The Morgan fingerprint density at radius 2 is 1.47 bits per heavy atom. The van der Waals surface area contributed by atoms with Crippen molar-refractivity contribution in [2.75, 3.05) is 19.4 Å². The molecule has 0 spiro atoms. The van der Waals surface area contributed by atoms with E-state index < -0.39 is 41.5 Å². The van der Waals surface area contributed by atoms with Crippen LogP contribution >= 0.6 is 0 Å². The third-order valence-electron chi connectivity index (χ3n) is 8.73. The number of nitrogens with two attached hydrogens (primary N) is 1. The van der Waals surface area contributed by atoms with Gasteiger partial charge in [-0.3, -0.25) is 19.2 Å². The molecule has 0 radical (unpaired) electrons. The van der Waals surface area contributed by atoms with Gasteiger partial charge >= 0.3 is 12.1 Å². The van der Waals surface area contributed by atoms with E-state index in [-0.39, 0.29) is 35.6 Å². The highest BCUT2D eigenvalue weighted by atomic mass is 19.4. The van der Waals surface area contributed by atoms with Crippen molar-refractivity contribution in [2.24, 2.45) is 5.73 Å². The van der Waals surface area contributed by atoms with Crippen molar-refractivity contribution in [3.8, 4) is 11.1 Å². The normalized spacial score (nSPS) is 12.5. The molecule has 0 aliphatic carbocycles. The fourth-order valence-electron chi connectivity index (χ4n) is 5.80. The van der Waals surface area contributed by atoms with Crippen LogP contribution in [0, 0.1) is 0 Å². The van der Waals surface area contributed by atoms with Crippen molar-refractivity contribution in [1.82, 2.24) is 4.90 Å².